The van der Waals surface area contributed by atoms with Crippen molar-refractivity contribution in [2.45, 2.75) is 31.4 Å². The summed E-state index contributed by atoms with van der Waals surface area (Å²) in [6, 6.07) is 8.29. The van der Waals surface area contributed by atoms with Crippen molar-refractivity contribution in [3.05, 3.63) is 29.8 Å². The van der Waals surface area contributed by atoms with E-state index in [1.807, 2.05) is 19.1 Å². The second-order valence-corrected chi connectivity index (χ2v) is 4.66. The molecule has 2 N–H and O–H groups in total. The molecule has 0 fully saturated rings. The van der Waals surface area contributed by atoms with Crippen molar-refractivity contribution in [2.24, 2.45) is 0 Å². The van der Waals surface area contributed by atoms with Crippen LogP contribution in [0, 0.1) is 0 Å². The summed E-state index contributed by atoms with van der Waals surface area (Å²) in [5.74, 6) is 0. The van der Waals surface area contributed by atoms with Crippen LogP contribution in [0.3, 0.4) is 0 Å². The molecule has 2 unspecified atom stereocenters. The van der Waals surface area contributed by atoms with Gasteiger partial charge in [-0.15, -0.1) is 0 Å². The smallest absolute Gasteiger partial charge is 0.0844 e. The first kappa shape index (κ1) is 11.4. The Hall–Kier alpha value is -1.06. The van der Waals surface area contributed by atoms with Crippen molar-refractivity contribution in [1.29, 1.82) is 0 Å². The number of methoxy groups -OCH3 is 1. The van der Waals surface area contributed by atoms with Crippen LogP contribution in [0.1, 0.15) is 18.9 Å². The van der Waals surface area contributed by atoms with Gasteiger partial charge < -0.3 is 15.2 Å². The molecular weight excluding hydrogens is 202 g/mol. The topological polar surface area (TPSA) is 41.5 Å². The second-order valence-electron chi connectivity index (χ2n) is 4.66. The summed E-state index contributed by atoms with van der Waals surface area (Å²) >= 11 is 0. The fraction of sp³-hybridized carbons (Fsp3) is 0.538. The van der Waals surface area contributed by atoms with Gasteiger partial charge >= 0.3 is 0 Å². The third-order valence-electron chi connectivity index (χ3n) is 3.33. The average Bonchev–Trinajstić information content (AvgIpc) is 2.71. The monoisotopic (exact) mass is 221 g/mol. The number of nitrogens with one attached hydrogen (secondary N) is 1. The molecule has 16 heavy (non-hydrogen) atoms. The highest BCUT2D eigenvalue weighted by atomic mass is 16.5. The highest BCUT2D eigenvalue weighted by Gasteiger charge is 2.35. The number of benzene rings is 1. The molecule has 0 spiro atoms. The van der Waals surface area contributed by atoms with E-state index in [1.54, 1.807) is 7.11 Å². The average molecular weight is 221 g/mol. The maximum absolute atomic E-state index is 10.4. The molecular formula is C13H19NO2. The molecule has 2 atom stereocenters. The Labute approximate surface area is 96.4 Å². The molecule has 1 aliphatic heterocycles. The van der Waals surface area contributed by atoms with E-state index in [0.717, 1.165) is 12.1 Å². The first-order valence-corrected chi connectivity index (χ1v) is 5.69. The van der Waals surface area contributed by atoms with E-state index in [2.05, 4.69) is 17.4 Å². The number of hydrogen-bond acceptors (Lipinski definition) is 3. The Balaban J connectivity index is 2.05. The van der Waals surface area contributed by atoms with Gasteiger partial charge in [0.15, 0.2) is 0 Å². The van der Waals surface area contributed by atoms with Crippen molar-refractivity contribution in [1.82, 2.24) is 0 Å². The number of rotatable bonds is 4. The van der Waals surface area contributed by atoms with Crippen molar-refractivity contribution in [2.75, 3.05) is 19.0 Å². The normalized spacial score (nSPS) is 22.3. The zero-order chi connectivity index (χ0) is 11.6. The van der Waals surface area contributed by atoms with Gasteiger partial charge in [-0.1, -0.05) is 18.2 Å². The van der Waals surface area contributed by atoms with Crippen LogP contribution in [0.4, 0.5) is 5.69 Å². The Morgan fingerprint density at radius 1 is 1.50 bits per heavy atom. The van der Waals surface area contributed by atoms with Crippen LogP contribution in [0.15, 0.2) is 24.3 Å². The largest absolute Gasteiger partial charge is 0.388 e. The summed E-state index contributed by atoms with van der Waals surface area (Å²) in [4.78, 5) is 0. The highest BCUT2D eigenvalue weighted by molar-refractivity contribution is 5.57. The lowest BCUT2D eigenvalue weighted by molar-refractivity contribution is 0.00992. The number of ether oxygens (including phenoxy) is 1. The predicted molar refractivity (Wildman–Crippen MR) is 64.7 cm³/mol. The molecule has 1 aliphatic rings. The first-order valence-electron chi connectivity index (χ1n) is 5.69. The van der Waals surface area contributed by atoms with Crippen LogP contribution in [-0.2, 0) is 11.2 Å². The van der Waals surface area contributed by atoms with Gasteiger partial charge in [-0.05, 0) is 25.0 Å². The van der Waals surface area contributed by atoms with Crippen molar-refractivity contribution >= 4 is 5.69 Å². The molecule has 0 saturated carbocycles. The van der Waals surface area contributed by atoms with Gasteiger partial charge in [-0.3, -0.25) is 0 Å². The summed E-state index contributed by atoms with van der Waals surface area (Å²) in [5.41, 5.74) is 1.70. The maximum atomic E-state index is 10.4. The Morgan fingerprint density at radius 2 is 2.25 bits per heavy atom. The standard InChI is InChI=1S/C13H19NO2/c1-13(15,7-8-16-2)12-9-10-5-3-4-6-11(10)14-12/h3-6,12,14-15H,7-9H2,1-2H3. The number of aliphatic hydroxyl groups is 1. The summed E-state index contributed by atoms with van der Waals surface area (Å²) in [7, 11) is 1.66. The van der Waals surface area contributed by atoms with Crippen molar-refractivity contribution < 1.29 is 9.84 Å². The lowest BCUT2D eigenvalue weighted by atomic mass is 9.91. The second kappa shape index (κ2) is 4.44. The van der Waals surface area contributed by atoms with Crippen LogP contribution in [0.2, 0.25) is 0 Å². The SMILES string of the molecule is COCCC(C)(O)C1Cc2ccccc2N1. The molecule has 3 heteroatoms. The van der Waals surface area contributed by atoms with E-state index < -0.39 is 5.60 Å². The molecule has 0 bridgehead atoms. The molecule has 0 radical (unpaired) electrons. The van der Waals surface area contributed by atoms with E-state index in [9.17, 15) is 5.11 Å². The van der Waals surface area contributed by atoms with Gasteiger partial charge in [-0.25, -0.2) is 0 Å². The summed E-state index contributed by atoms with van der Waals surface area (Å²) in [6.45, 7) is 2.46. The van der Waals surface area contributed by atoms with Crippen LogP contribution in [-0.4, -0.2) is 30.5 Å². The summed E-state index contributed by atoms with van der Waals surface area (Å²) in [5, 5.41) is 13.8. The highest BCUT2D eigenvalue weighted by Crippen LogP contribution is 2.31. The Kier molecular flexibility index (Phi) is 3.17. The zero-order valence-corrected chi connectivity index (χ0v) is 9.86. The minimum absolute atomic E-state index is 0.0834. The van der Waals surface area contributed by atoms with Crippen LogP contribution in [0.5, 0.6) is 0 Å². The minimum Gasteiger partial charge on any atom is -0.388 e. The van der Waals surface area contributed by atoms with Crippen LogP contribution >= 0.6 is 0 Å². The maximum Gasteiger partial charge on any atom is 0.0844 e. The van der Waals surface area contributed by atoms with E-state index in [1.165, 1.54) is 5.56 Å². The third kappa shape index (κ3) is 2.20. The fourth-order valence-corrected chi connectivity index (χ4v) is 2.16. The molecule has 0 aromatic heterocycles. The van der Waals surface area contributed by atoms with E-state index in [-0.39, 0.29) is 6.04 Å². The van der Waals surface area contributed by atoms with Crippen molar-refractivity contribution in [3.8, 4) is 0 Å². The lowest BCUT2D eigenvalue weighted by Gasteiger charge is -2.30. The molecule has 0 aliphatic carbocycles. The molecule has 1 heterocycles. The minimum atomic E-state index is -0.727. The van der Waals surface area contributed by atoms with Crippen LogP contribution < -0.4 is 5.32 Å². The Morgan fingerprint density at radius 3 is 2.94 bits per heavy atom. The van der Waals surface area contributed by atoms with Gasteiger partial charge in [0.1, 0.15) is 0 Å². The molecule has 1 aromatic carbocycles. The van der Waals surface area contributed by atoms with Gasteiger partial charge in [0, 0.05) is 25.8 Å². The van der Waals surface area contributed by atoms with Crippen LogP contribution in [0.25, 0.3) is 0 Å². The predicted octanol–water partition coefficient (Wildman–Crippen LogP) is 1.81. The number of hydrogen-bond donors (Lipinski definition) is 2. The molecule has 1 aromatic rings. The first-order chi connectivity index (χ1) is 7.63. The molecule has 0 amide bonds. The van der Waals surface area contributed by atoms with E-state index in [0.29, 0.717) is 13.0 Å². The zero-order valence-electron chi connectivity index (χ0n) is 9.86. The van der Waals surface area contributed by atoms with Crippen molar-refractivity contribution in [3.63, 3.8) is 0 Å². The molecule has 2 rings (SSSR count). The quantitative estimate of drug-likeness (QED) is 0.814. The Bertz CT molecular complexity index is 338. The third-order valence-corrected chi connectivity index (χ3v) is 3.33. The molecule has 0 saturated heterocycles. The summed E-state index contributed by atoms with van der Waals surface area (Å²) in [6.07, 6.45) is 1.53. The number of anilines is 1. The lowest BCUT2D eigenvalue weighted by Crippen LogP contribution is -2.44. The summed E-state index contributed by atoms with van der Waals surface area (Å²) < 4.78 is 5.03. The van der Waals surface area contributed by atoms with Gasteiger partial charge in [-0.2, -0.15) is 0 Å². The van der Waals surface area contributed by atoms with Gasteiger partial charge in [0.05, 0.1) is 11.6 Å². The van der Waals surface area contributed by atoms with E-state index >= 15 is 0 Å². The fourth-order valence-electron chi connectivity index (χ4n) is 2.16. The van der Waals surface area contributed by atoms with Gasteiger partial charge in [0.2, 0.25) is 0 Å². The molecule has 3 nitrogen and oxygen atoms in total. The molecule has 88 valence electrons. The number of fused-ring (bicyclic) bond motifs is 1. The van der Waals surface area contributed by atoms with Gasteiger partial charge in [0.25, 0.3) is 0 Å². The number of para-hydroxylation sites is 1. The van der Waals surface area contributed by atoms with E-state index in [4.69, 9.17) is 4.74 Å².